The van der Waals surface area contributed by atoms with Crippen molar-refractivity contribution < 1.29 is 4.79 Å². The Labute approximate surface area is 96.6 Å². The largest absolute Gasteiger partial charge is 0.318 e. The molecular formula is C12H18ClNO. The van der Waals surface area contributed by atoms with Gasteiger partial charge >= 0.3 is 0 Å². The predicted octanol–water partition coefficient (Wildman–Crippen LogP) is 2.94. The van der Waals surface area contributed by atoms with Crippen LogP contribution in [0, 0.1) is 5.41 Å². The number of amides is 1. The van der Waals surface area contributed by atoms with Crippen LogP contribution >= 0.6 is 11.6 Å². The number of nitrogens with zero attached hydrogens (tertiary/aromatic N) is 1. The lowest BCUT2D eigenvalue weighted by molar-refractivity contribution is -0.125. The zero-order chi connectivity index (χ0) is 11.6. The molecule has 3 heteroatoms. The molecular weight excluding hydrogens is 210 g/mol. The molecule has 0 atom stereocenters. The summed E-state index contributed by atoms with van der Waals surface area (Å²) < 4.78 is 0. The molecule has 0 aliphatic heterocycles. The Kier molecular flexibility index (Phi) is 3.61. The molecule has 15 heavy (non-hydrogen) atoms. The van der Waals surface area contributed by atoms with Gasteiger partial charge in [0.05, 0.1) is 0 Å². The Bertz CT molecular complexity index is 329. The molecule has 1 rings (SSSR count). The van der Waals surface area contributed by atoms with Crippen LogP contribution < -0.4 is 0 Å². The molecule has 0 aromatic heterocycles. The molecule has 0 unspecified atom stereocenters. The van der Waals surface area contributed by atoms with Crippen LogP contribution in [0.3, 0.4) is 0 Å². The van der Waals surface area contributed by atoms with Gasteiger partial charge in [-0.2, -0.15) is 0 Å². The van der Waals surface area contributed by atoms with Crippen LogP contribution in [0.2, 0.25) is 0 Å². The number of carbonyl (C=O) groups excluding carboxylic acids is 1. The average Bonchev–Trinajstić information content (AvgIpc) is 2.12. The first-order valence-electron chi connectivity index (χ1n) is 5.08. The first kappa shape index (κ1) is 12.3. The van der Waals surface area contributed by atoms with E-state index in [0.29, 0.717) is 0 Å². The maximum absolute atomic E-state index is 11.5. The third kappa shape index (κ3) is 3.10. The maximum atomic E-state index is 11.5. The van der Waals surface area contributed by atoms with E-state index in [4.69, 9.17) is 11.6 Å². The summed E-state index contributed by atoms with van der Waals surface area (Å²) in [5.74, 6) is -0.00904. The van der Waals surface area contributed by atoms with E-state index in [0.717, 1.165) is 12.1 Å². The minimum atomic E-state index is -0.0478. The number of hydrogen-bond acceptors (Lipinski definition) is 1. The Morgan fingerprint density at radius 1 is 1.60 bits per heavy atom. The van der Waals surface area contributed by atoms with Crippen molar-refractivity contribution in [2.75, 3.05) is 12.9 Å². The maximum Gasteiger partial charge on any atom is 0.241 e. The molecule has 0 saturated carbocycles. The van der Waals surface area contributed by atoms with Crippen molar-refractivity contribution in [3.63, 3.8) is 0 Å². The SMILES string of the molecule is CC1=CC(C)(C)CC(N(C)C(=O)CCl)=C1. The predicted molar refractivity (Wildman–Crippen MR) is 63.7 cm³/mol. The van der Waals surface area contributed by atoms with Gasteiger partial charge < -0.3 is 4.90 Å². The van der Waals surface area contributed by atoms with Crippen molar-refractivity contribution >= 4 is 17.5 Å². The van der Waals surface area contributed by atoms with Crippen molar-refractivity contribution in [2.24, 2.45) is 5.41 Å². The van der Waals surface area contributed by atoms with E-state index in [2.05, 4.69) is 32.9 Å². The first-order chi connectivity index (χ1) is 6.85. The van der Waals surface area contributed by atoms with Crippen LogP contribution in [-0.2, 0) is 4.79 Å². The van der Waals surface area contributed by atoms with E-state index in [1.165, 1.54) is 5.57 Å². The van der Waals surface area contributed by atoms with Crippen molar-refractivity contribution in [2.45, 2.75) is 27.2 Å². The standard InChI is InChI=1S/C12H18ClNO/c1-9-5-10(7-12(2,3)6-9)14(4)11(15)8-13/h5-6H,7-8H2,1-4H3. The van der Waals surface area contributed by atoms with Gasteiger partial charge in [-0.3, -0.25) is 4.79 Å². The highest BCUT2D eigenvalue weighted by molar-refractivity contribution is 6.27. The monoisotopic (exact) mass is 227 g/mol. The van der Waals surface area contributed by atoms with Crippen LogP contribution in [0.4, 0.5) is 0 Å². The second-order valence-electron chi connectivity index (χ2n) is 4.78. The van der Waals surface area contributed by atoms with Crippen molar-refractivity contribution in [1.82, 2.24) is 4.90 Å². The number of hydrogen-bond donors (Lipinski definition) is 0. The smallest absolute Gasteiger partial charge is 0.241 e. The number of halogens is 1. The highest BCUT2D eigenvalue weighted by Gasteiger charge is 2.24. The fourth-order valence-electron chi connectivity index (χ4n) is 1.95. The van der Waals surface area contributed by atoms with Crippen molar-refractivity contribution in [3.05, 3.63) is 23.4 Å². The summed E-state index contributed by atoms with van der Waals surface area (Å²) in [4.78, 5) is 13.1. The highest BCUT2D eigenvalue weighted by atomic mass is 35.5. The number of allylic oxidation sites excluding steroid dienone is 4. The van der Waals surface area contributed by atoms with Gasteiger partial charge in [-0.15, -0.1) is 11.6 Å². The van der Waals surface area contributed by atoms with Gasteiger partial charge in [0.2, 0.25) is 5.91 Å². The molecule has 0 bridgehead atoms. The molecule has 1 aliphatic rings. The zero-order valence-corrected chi connectivity index (χ0v) is 10.6. The van der Waals surface area contributed by atoms with E-state index in [1.54, 1.807) is 11.9 Å². The lowest BCUT2D eigenvalue weighted by atomic mass is 9.82. The molecule has 0 spiro atoms. The lowest BCUT2D eigenvalue weighted by Gasteiger charge is -2.31. The van der Waals surface area contributed by atoms with E-state index in [1.807, 2.05) is 0 Å². The Hall–Kier alpha value is -0.760. The lowest BCUT2D eigenvalue weighted by Crippen LogP contribution is -2.30. The van der Waals surface area contributed by atoms with E-state index < -0.39 is 0 Å². The molecule has 2 nitrogen and oxygen atoms in total. The molecule has 0 radical (unpaired) electrons. The number of rotatable bonds is 2. The van der Waals surface area contributed by atoms with Gasteiger partial charge in [-0.25, -0.2) is 0 Å². The van der Waals surface area contributed by atoms with Gasteiger partial charge in [0.25, 0.3) is 0 Å². The third-order valence-electron chi connectivity index (χ3n) is 2.57. The summed E-state index contributed by atoms with van der Waals surface area (Å²) in [7, 11) is 1.78. The zero-order valence-electron chi connectivity index (χ0n) is 9.80. The minimum absolute atomic E-state index is 0.0387. The molecule has 0 heterocycles. The molecule has 0 saturated heterocycles. The van der Waals surface area contributed by atoms with Gasteiger partial charge in [0.15, 0.2) is 0 Å². The van der Waals surface area contributed by atoms with E-state index in [9.17, 15) is 4.79 Å². The molecule has 0 aromatic carbocycles. The summed E-state index contributed by atoms with van der Waals surface area (Å²) in [5.41, 5.74) is 2.37. The quantitative estimate of drug-likeness (QED) is 0.665. The minimum Gasteiger partial charge on any atom is -0.318 e. The highest BCUT2D eigenvalue weighted by Crippen LogP contribution is 2.34. The fraction of sp³-hybridized carbons (Fsp3) is 0.583. The second-order valence-corrected chi connectivity index (χ2v) is 5.04. The molecule has 0 N–H and O–H groups in total. The summed E-state index contributed by atoms with van der Waals surface area (Å²) in [6, 6.07) is 0. The molecule has 1 amide bonds. The third-order valence-corrected chi connectivity index (χ3v) is 2.80. The Morgan fingerprint density at radius 3 is 2.67 bits per heavy atom. The molecule has 84 valence electrons. The van der Waals surface area contributed by atoms with E-state index in [-0.39, 0.29) is 17.2 Å². The topological polar surface area (TPSA) is 20.3 Å². The van der Waals surface area contributed by atoms with Gasteiger partial charge in [0, 0.05) is 12.7 Å². The molecule has 0 aromatic rings. The Morgan fingerprint density at radius 2 is 2.20 bits per heavy atom. The van der Waals surface area contributed by atoms with Gasteiger partial charge in [-0.1, -0.05) is 25.5 Å². The summed E-state index contributed by atoms with van der Waals surface area (Å²) in [6.45, 7) is 6.39. The molecule has 0 fully saturated rings. The summed E-state index contributed by atoms with van der Waals surface area (Å²) in [5, 5.41) is 0. The summed E-state index contributed by atoms with van der Waals surface area (Å²) >= 11 is 5.54. The number of alkyl halides is 1. The van der Waals surface area contributed by atoms with Crippen LogP contribution in [0.1, 0.15) is 27.2 Å². The normalized spacial score (nSPS) is 19.3. The number of carbonyl (C=O) groups is 1. The fourth-order valence-corrected chi connectivity index (χ4v) is 2.13. The van der Waals surface area contributed by atoms with Crippen LogP contribution in [0.15, 0.2) is 23.4 Å². The van der Waals surface area contributed by atoms with Crippen molar-refractivity contribution in [1.29, 1.82) is 0 Å². The van der Waals surface area contributed by atoms with Crippen LogP contribution in [0.5, 0.6) is 0 Å². The summed E-state index contributed by atoms with van der Waals surface area (Å²) in [6.07, 6.45) is 5.16. The van der Waals surface area contributed by atoms with Crippen molar-refractivity contribution in [3.8, 4) is 0 Å². The van der Waals surface area contributed by atoms with Gasteiger partial charge in [-0.05, 0) is 24.8 Å². The molecule has 1 aliphatic carbocycles. The average molecular weight is 228 g/mol. The van der Waals surface area contributed by atoms with Crippen LogP contribution in [0.25, 0.3) is 0 Å². The second kappa shape index (κ2) is 4.40. The first-order valence-corrected chi connectivity index (χ1v) is 5.62. The van der Waals surface area contributed by atoms with E-state index >= 15 is 0 Å². The van der Waals surface area contributed by atoms with Crippen LogP contribution in [-0.4, -0.2) is 23.7 Å². The Balaban J connectivity index is 2.89. The van der Waals surface area contributed by atoms with Gasteiger partial charge in [0.1, 0.15) is 5.88 Å².